The number of aromatic amines is 1. The first-order chi connectivity index (χ1) is 7.58. The predicted molar refractivity (Wildman–Crippen MR) is 70.0 cm³/mol. The largest absolute Gasteiger partial charge is 0.378 e. The maximum atomic E-state index is 3.33. The summed E-state index contributed by atoms with van der Waals surface area (Å²) in [6, 6.07) is 10.8. The summed E-state index contributed by atoms with van der Waals surface area (Å²) in [5.41, 5.74) is 6.24. The van der Waals surface area contributed by atoms with Crippen molar-refractivity contribution in [1.29, 1.82) is 0 Å². The number of benzene rings is 1. The summed E-state index contributed by atoms with van der Waals surface area (Å²) in [7, 11) is 4.11. The molecule has 2 nitrogen and oxygen atoms in total. The molecule has 16 heavy (non-hydrogen) atoms. The van der Waals surface area contributed by atoms with E-state index in [0.29, 0.717) is 0 Å². The van der Waals surface area contributed by atoms with Gasteiger partial charge < -0.3 is 9.88 Å². The Morgan fingerprint density at radius 1 is 1.00 bits per heavy atom. The molecule has 2 heteroatoms. The molecule has 0 saturated carbocycles. The zero-order valence-electron chi connectivity index (χ0n) is 10.3. The molecule has 1 N–H and O–H groups in total. The van der Waals surface area contributed by atoms with Crippen LogP contribution in [0.5, 0.6) is 0 Å². The Labute approximate surface area is 96.9 Å². The molecule has 0 unspecified atom stereocenters. The SMILES string of the molecule is Cc1cc(-c2ccc(N(C)C)cc2)c(C)[nH]1. The summed E-state index contributed by atoms with van der Waals surface area (Å²) < 4.78 is 0. The Kier molecular flexibility index (Phi) is 2.73. The predicted octanol–water partition coefficient (Wildman–Crippen LogP) is 3.36. The lowest BCUT2D eigenvalue weighted by Gasteiger charge is -2.12. The minimum Gasteiger partial charge on any atom is -0.378 e. The fourth-order valence-corrected chi connectivity index (χ4v) is 1.96. The average Bonchev–Trinajstić information content (AvgIpc) is 2.58. The molecule has 0 radical (unpaired) electrons. The molecule has 0 fully saturated rings. The van der Waals surface area contributed by atoms with Crippen LogP contribution < -0.4 is 4.90 Å². The van der Waals surface area contributed by atoms with Crippen LogP contribution in [0.15, 0.2) is 30.3 Å². The Morgan fingerprint density at radius 2 is 1.62 bits per heavy atom. The minimum atomic E-state index is 1.21. The van der Waals surface area contributed by atoms with Gasteiger partial charge in [0.1, 0.15) is 0 Å². The van der Waals surface area contributed by atoms with Crippen molar-refractivity contribution in [3.8, 4) is 11.1 Å². The van der Waals surface area contributed by atoms with Gasteiger partial charge in [-0.3, -0.25) is 0 Å². The molecule has 0 amide bonds. The third kappa shape index (κ3) is 1.96. The van der Waals surface area contributed by atoms with Gasteiger partial charge in [0.2, 0.25) is 0 Å². The molecule has 0 atom stereocenters. The Bertz CT molecular complexity index is 478. The smallest absolute Gasteiger partial charge is 0.0361 e. The van der Waals surface area contributed by atoms with Gasteiger partial charge >= 0.3 is 0 Å². The van der Waals surface area contributed by atoms with Crippen molar-refractivity contribution in [3.63, 3.8) is 0 Å². The van der Waals surface area contributed by atoms with Gasteiger partial charge in [0, 0.05) is 36.7 Å². The average molecular weight is 214 g/mol. The van der Waals surface area contributed by atoms with E-state index in [1.165, 1.54) is 28.2 Å². The molecule has 0 bridgehead atoms. The van der Waals surface area contributed by atoms with Gasteiger partial charge in [0.25, 0.3) is 0 Å². The highest BCUT2D eigenvalue weighted by molar-refractivity contribution is 5.69. The van der Waals surface area contributed by atoms with E-state index in [0.717, 1.165) is 0 Å². The van der Waals surface area contributed by atoms with Crippen molar-refractivity contribution in [2.24, 2.45) is 0 Å². The first-order valence-corrected chi connectivity index (χ1v) is 5.52. The number of anilines is 1. The third-order valence-corrected chi connectivity index (χ3v) is 2.84. The maximum absolute atomic E-state index is 3.33. The topological polar surface area (TPSA) is 19.0 Å². The highest BCUT2D eigenvalue weighted by atomic mass is 15.1. The van der Waals surface area contributed by atoms with Gasteiger partial charge in [-0.2, -0.15) is 0 Å². The molecule has 0 aliphatic rings. The maximum Gasteiger partial charge on any atom is 0.0361 e. The van der Waals surface area contributed by atoms with Gasteiger partial charge in [-0.15, -0.1) is 0 Å². The van der Waals surface area contributed by atoms with Crippen molar-refractivity contribution in [3.05, 3.63) is 41.7 Å². The molecule has 0 aliphatic carbocycles. The summed E-state index contributed by atoms with van der Waals surface area (Å²) >= 11 is 0. The van der Waals surface area contributed by atoms with Crippen LogP contribution in [0.4, 0.5) is 5.69 Å². The zero-order valence-corrected chi connectivity index (χ0v) is 10.3. The second-order valence-corrected chi connectivity index (χ2v) is 4.43. The van der Waals surface area contributed by atoms with E-state index in [2.05, 4.69) is 68.2 Å². The molecule has 2 aromatic rings. The molecular formula is C14H18N2. The van der Waals surface area contributed by atoms with Crippen molar-refractivity contribution < 1.29 is 0 Å². The Morgan fingerprint density at radius 3 is 2.06 bits per heavy atom. The molecule has 2 rings (SSSR count). The van der Waals surface area contributed by atoms with Crippen molar-refractivity contribution in [2.45, 2.75) is 13.8 Å². The van der Waals surface area contributed by atoms with Crippen LogP contribution in [0.1, 0.15) is 11.4 Å². The van der Waals surface area contributed by atoms with E-state index >= 15 is 0 Å². The summed E-state index contributed by atoms with van der Waals surface area (Å²) in [5, 5.41) is 0. The molecule has 84 valence electrons. The molecule has 1 aromatic carbocycles. The summed E-state index contributed by atoms with van der Waals surface area (Å²) in [6.07, 6.45) is 0. The minimum absolute atomic E-state index is 1.21. The van der Waals surface area contributed by atoms with Crippen LogP contribution in [0.2, 0.25) is 0 Å². The lowest BCUT2D eigenvalue weighted by molar-refractivity contribution is 1.13. The van der Waals surface area contributed by atoms with E-state index in [1.54, 1.807) is 0 Å². The number of hydrogen-bond donors (Lipinski definition) is 1. The molecular weight excluding hydrogens is 196 g/mol. The van der Waals surface area contributed by atoms with Gasteiger partial charge in [0.15, 0.2) is 0 Å². The number of nitrogens with one attached hydrogen (secondary N) is 1. The van der Waals surface area contributed by atoms with Gasteiger partial charge in [-0.1, -0.05) is 12.1 Å². The van der Waals surface area contributed by atoms with E-state index < -0.39 is 0 Å². The van der Waals surface area contributed by atoms with Crippen LogP contribution in [0.25, 0.3) is 11.1 Å². The van der Waals surface area contributed by atoms with Crippen molar-refractivity contribution in [1.82, 2.24) is 4.98 Å². The fourth-order valence-electron chi connectivity index (χ4n) is 1.96. The first kappa shape index (κ1) is 10.8. The quantitative estimate of drug-likeness (QED) is 0.812. The van der Waals surface area contributed by atoms with Crippen LogP contribution in [0.3, 0.4) is 0 Å². The second kappa shape index (κ2) is 4.05. The zero-order chi connectivity index (χ0) is 11.7. The number of aromatic nitrogens is 1. The lowest BCUT2D eigenvalue weighted by atomic mass is 10.1. The lowest BCUT2D eigenvalue weighted by Crippen LogP contribution is -2.07. The standard InChI is InChI=1S/C14H18N2/c1-10-9-14(11(2)15-10)12-5-7-13(8-6-12)16(3)4/h5-9,15H,1-4H3. The fraction of sp³-hybridized carbons (Fsp3) is 0.286. The van der Waals surface area contributed by atoms with E-state index in [-0.39, 0.29) is 0 Å². The van der Waals surface area contributed by atoms with Crippen molar-refractivity contribution in [2.75, 3.05) is 19.0 Å². The van der Waals surface area contributed by atoms with Crippen LogP contribution in [-0.4, -0.2) is 19.1 Å². The molecule has 1 aromatic heterocycles. The van der Waals surface area contributed by atoms with Crippen molar-refractivity contribution >= 4 is 5.69 Å². The summed E-state index contributed by atoms with van der Waals surface area (Å²) in [4.78, 5) is 5.44. The van der Waals surface area contributed by atoms with Gasteiger partial charge in [-0.25, -0.2) is 0 Å². The van der Waals surface area contributed by atoms with E-state index in [9.17, 15) is 0 Å². The monoisotopic (exact) mass is 214 g/mol. The molecule has 0 spiro atoms. The molecule has 1 heterocycles. The first-order valence-electron chi connectivity index (χ1n) is 5.52. The number of aryl methyl sites for hydroxylation is 2. The van der Waals surface area contributed by atoms with Crippen LogP contribution in [0, 0.1) is 13.8 Å². The summed E-state index contributed by atoms with van der Waals surface area (Å²) in [6.45, 7) is 4.20. The van der Waals surface area contributed by atoms with Crippen LogP contribution in [-0.2, 0) is 0 Å². The number of hydrogen-bond acceptors (Lipinski definition) is 1. The van der Waals surface area contributed by atoms with E-state index in [1.807, 2.05) is 0 Å². The number of H-pyrrole nitrogens is 1. The molecule has 0 aliphatic heterocycles. The van der Waals surface area contributed by atoms with Gasteiger partial charge in [0.05, 0.1) is 0 Å². The highest BCUT2D eigenvalue weighted by Gasteiger charge is 2.04. The Hall–Kier alpha value is -1.70. The Balaban J connectivity index is 2.38. The third-order valence-electron chi connectivity index (χ3n) is 2.84. The molecule has 0 saturated heterocycles. The number of nitrogens with zero attached hydrogens (tertiary/aromatic N) is 1. The van der Waals surface area contributed by atoms with E-state index in [4.69, 9.17) is 0 Å². The highest BCUT2D eigenvalue weighted by Crippen LogP contribution is 2.26. The second-order valence-electron chi connectivity index (χ2n) is 4.43. The van der Waals surface area contributed by atoms with Crippen LogP contribution >= 0.6 is 0 Å². The number of rotatable bonds is 2. The summed E-state index contributed by atoms with van der Waals surface area (Å²) in [5.74, 6) is 0. The normalized spacial score (nSPS) is 10.5. The van der Waals surface area contributed by atoms with Gasteiger partial charge in [-0.05, 0) is 37.6 Å².